The maximum Gasteiger partial charge on any atom is 0.329 e. The van der Waals surface area contributed by atoms with E-state index in [1.165, 1.54) is 4.90 Å². The molecule has 1 fully saturated rings. The van der Waals surface area contributed by atoms with Crippen LogP contribution in [-0.2, 0) is 11.8 Å². The molecule has 1 aromatic rings. The predicted octanol–water partition coefficient (Wildman–Crippen LogP) is 1.67. The largest absolute Gasteiger partial charge is 0.479 e. The first kappa shape index (κ1) is 14.4. The third-order valence-electron chi connectivity index (χ3n) is 3.74. The molecule has 1 aliphatic rings. The second-order valence-corrected chi connectivity index (χ2v) is 5.15. The van der Waals surface area contributed by atoms with Crippen LogP contribution in [0.25, 0.3) is 0 Å². The van der Waals surface area contributed by atoms with Crippen molar-refractivity contribution < 1.29 is 14.7 Å². The fraction of sp³-hybridized carbons (Fsp3) is 0.615. The van der Waals surface area contributed by atoms with Crippen molar-refractivity contribution in [1.82, 2.24) is 14.7 Å². The van der Waals surface area contributed by atoms with Gasteiger partial charge in [0, 0.05) is 25.9 Å². The molecule has 2 heterocycles. The first-order valence-electron chi connectivity index (χ1n) is 6.81. The first-order chi connectivity index (χ1) is 9.49. The second-order valence-electron chi connectivity index (χ2n) is 5.15. The number of carboxylic acids is 1. The van der Waals surface area contributed by atoms with E-state index in [-0.39, 0.29) is 0 Å². The number of nitrogens with one attached hydrogen (secondary N) is 1. The summed E-state index contributed by atoms with van der Waals surface area (Å²) in [5.41, 5.74) is -1.08. The van der Waals surface area contributed by atoms with E-state index in [0.29, 0.717) is 31.6 Å². The average molecular weight is 280 g/mol. The highest BCUT2D eigenvalue weighted by Crippen LogP contribution is 2.34. The zero-order valence-corrected chi connectivity index (χ0v) is 11.8. The van der Waals surface area contributed by atoms with E-state index >= 15 is 0 Å². The van der Waals surface area contributed by atoms with Crippen LogP contribution in [0.3, 0.4) is 0 Å². The molecule has 20 heavy (non-hydrogen) atoms. The lowest BCUT2D eigenvalue weighted by molar-refractivity contribution is -0.148. The van der Waals surface area contributed by atoms with Crippen molar-refractivity contribution in [3.8, 4) is 0 Å². The van der Waals surface area contributed by atoms with Crippen molar-refractivity contribution in [2.75, 3.05) is 11.9 Å². The molecule has 7 nitrogen and oxygen atoms in total. The van der Waals surface area contributed by atoms with Crippen molar-refractivity contribution in [2.24, 2.45) is 7.05 Å². The highest BCUT2D eigenvalue weighted by atomic mass is 16.4. The molecule has 0 aromatic carbocycles. The van der Waals surface area contributed by atoms with Crippen LogP contribution in [0.1, 0.15) is 32.6 Å². The number of urea groups is 1. The minimum Gasteiger partial charge on any atom is -0.479 e. The van der Waals surface area contributed by atoms with Gasteiger partial charge in [-0.25, -0.2) is 9.59 Å². The van der Waals surface area contributed by atoms with Gasteiger partial charge in [0.05, 0.1) is 0 Å². The van der Waals surface area contributed by atoms with Gasteiger partial charge in [-0.2, -0.15) is 5.10 Å². The molecule has 1 unspecified atom stereocenters. The number of hydrogen-bond acceptors (Lipinski definition) is 3. The number of aliphatic carboxylic acids is 1. The Morgan fingerprint density at radius 1 is 1.55 bits per heavy atom. The Bertz CT molecular complexity index is 513. The van der Waals surface area contributed by atoms with Gasteiger partial charge in [0.2, 0.25) is 0 Å². The monoisotopic (exact) mass is 280 g/mol. The Balaban J connectivity index is 2.16. The van der Waals surface area contributed by atoms with Crippen LogP contribution in [-0.4, -0.2) is 43.9 Å². The number of carbonyl (C=O) groups is 2. The zero-order valence-electron chi connectivity index (χ0n) is 11.8. The lowest BCUT2D eigenvalue weighted by Gasteiger charge is -2.34. The summed E-state index contributed by atoms with van der Waals surface area (Å²) in [6.07, 6.45) is 4.13. The van der Waals surface area contributed by atoms with Crippen molar-refractivity contribution in [1.29, 1.82) is 0 Å². The molecule has 7 heteroatoms. The smallest absolute Gasteiger partial charge is 0.329 e. The third kappa shape index (κ3) is 2.48. The summed E-state index contributed by atoms with van der Waals surface area (Å²) in [5.74, 6) is -0.492. The molecule has 0 saturated carbocycles. The van der Waals surface area contributed by atoms with Crippen LogP contribution >= 0.6 is 0 Å². The van der Waals surface area contributed by atoms with Crippen LogP contribution in [0.5, 0.6) is 0 Å². The lowest BCUT2D eigenvalue weighted by Crippen LogP contribution is -2.54. The van der Waals surface area contributed by atoms with E-state index in [2.05, 4.69) is 10.4 Å². The summed E-state index contributed by atoms with van der Waals surface area (Å²) in [7, 11) is 1.75. The van der Waals surface area contributed by atoms with Gasteiger partial charge < -0.3 is 10.0 Å². The number of nitrogens with zero attached hydrogens (tertiary/aromatic N) is 3. The van der Waals surface area contributed by atoms with Gasteiger partial charge in [-0.1, -0.05) is 13.3 Å². The number of hydrogen-bond donors (Lipinski definition) is 2. The van der Waals surface area contributed by atoms with E-state index in [1.807, 2.05) is 6.92 Å². The Labute approximate surface area is 117 Å². The summed E-state index contributed by atoms with van der Waals surface area (Å²) in [5, 5.41) is 16.3. The third-order valence-corrected chi connectivity index (χ3v) is 3.74. The van der Waals surface area contributed by atoms with E-state index in [9.17, 15) is 14.7 Å². The molecule has 2 amide bonds. The van der Waals surface area contributed by atoms with Gasteiger partial charge in [0.25, 0.3) is 0 Å². The average Bonchev–Trinajstić information content (AvgIpc) is 2.97. The Morgan fingerprint density at radius 3 is 2.85 bits per heavy atom. The van der Waals surface area contributed by atoms with E-state index in [1.54, 1.807) is 24.0 Å². The molecule has 1 saturated heterocycles. The van der Waals surface area contributed by atoms with Crippen molar-refractivity contribution in [3.63, 3.8) is 0 Å². The van der Waals surface area contributed by atoms with Crippen molar-refractivity contribution >= 4 is 17.8 Å². The summed E-state index contributed by atoms with van der Waals surface area (Å²) in [6, 6.07) is 1.29. The van der Waals surface area contributed by atoms with Gasteiger partial charge in [0.1, 0.15) is 5.54 Å². The number of likely N-dealkylation sites (tertiary alicyclic amines) is 1. The topological polar surface area (TPSA) is 87.5 Å². The minimum atomic E-state index is -1.08. The summed E-state index contributed by atoms with van der Waals surface area (Å²) >= 11 is 0. The first-order valence-corrected chi connectivity index (χ1v) is 6.81. The van der Waals surface area contributed by atoms with Gasteiger partial charge in [-0.15, -0.1) is 0 Å². The molecule has 0 aliphatic carbocycles. The lowest BCUT2D eigenvalue weighted by atomic mass is 9.91. The molecule has 0 bridgehead atoms. The van der Waals surface area contributed by atoms with Crippen LogP contribution < -0.4 is 5.32 Å². The van der Waals surface area contributed by atoms with E-state index < -0.39 is 17.5 Å². The normalized spacial score (nSPS) is 22.0. The minimum absolute atomic E-state index is 0.392. The number of anilines is 1. The SMILES string of the molecule is CCCC1(C(=O)O)CCCN1C(=O)Nc1ccn(C)n1. The van der Waals surface area contributed by atoms with Gasteiger partial charge in [0.15, 0.2) is 5.82 Å². The van der Waals surface area contributed by atoms with E-state index in [0.717, 1.165) is 6.42 Å². The van der Waals surface area contributed by atoms with Gasteiger partial charge in [-0.3, -0.25) is 10.00 Å². The van der Waals surface area contributed by atoms with Crippen LogP contribution in [0.4, 0.5) is 10.6 Å². The molecular weight excluding hydrogens is 260 g/mol. The molecule has 1 atom stereocenters. The predicted molar refractivity (Wildman–Crippen MR) is 73.4 cm³/mol. The van der Waals surface area contributed by atoms with E-state index in [4.69, 9.17) is 0 Å². The number of aryl methyl sites for hydroxylation is 1. The fourth-order valence-electron chi connectivity index (χ4n) is 2.84. The standard InChI is InChI=1S/C13H20N4O3/c1-3-6-13(11(18)19)7-4-8-17(13)12(20)14-10-5-9-16(2)15-10/h5,9H,3-4,6-8H2,1-2H3,(H,18,19)(H,14,15,20). The number of rotatable bonds is 4. The highest BCUT2D eigenvalue weighted by molar-refractivity contribution is 5.93. The Hall–Kier alpha value is -2.05. The fourth-order valence-corrected chi connectivity index (χ4v) is 2.84. The van der Waals surface area contributed by atoms with Crippen LogP contribution in [0, 0.1) is 0 Å². The molecule has 0 radical (unpaired) electrons. The molecule has 1 aromatic heterocycles. The van der Waals surface area contributed by atoms with Crippen molar-refractivity contribution in [2.45, 2.75) is 38.1 Å². The second kappa shape index (κ2) is 5.52. The Kier molecular flexibility index (Phi) is 3.96. The molecular formula is C13H20N4O3. The Morgan fingerprint density at radius 2 is 2.30 bits per heavy atom. The van der Waals surface area contributed by atoms with Gasteiger partial charge >= 0.3 is 12.0 Å². The molecule has 2 rings (SSSR count). The summed E-state index contributed by atoms with van der Waals surface area (Å²) in [4.78, 5) is 25.4. The molecule has 1 aliphatic heterocycles. The number of amides is 2. The number of aromatic nitrogens is 2. The molecule has 2 N–H and O–H groups in total. The maximum atomic E-state index is 12.3. The number of carboxylic acid groups (broad SMARTS) is 1. The van der Waals surface area contributed by atoms with Crippen molar-refractivity contribution in [3.05, 3.63) is 12.3 Å². The number of carbonyl (C=O) groups excluding carboxylic acids is 1. The molecule has 110 valence electrons. The summed E-state index contributed by atoms with van der Waals surface area (Å²) < 4.78 is 1.58. The van der Waals surface area contributed by atoms with Crippen LogP contribution in [0.2, 0.25) is 0 Å². The zero-order chi connectivity index (χ0) is 14.8. The quantitative estimate of drug-likeness (QED) is 0.878. The molecule has 0 spiro atoms. The van der Waals surface area contributed by atoms with Crippen LogP contribution in [0.15, 0.2) is 12.3 Å². The highest BCUT2D eigenvalue weighted by Gasteiger charge is 2.49. The van der Waals surface area contributed by atoms with Gasteiger partial charge in [-0.05, 0) is 19.3 Å². The maximum absolute atomic E-state index is 12.3. The summed E-state index contributed by atoms with van der Waals surface area (Å²) in [6.45, 7) is 2.39.